The monoisotopic (exact) mass is 233 g/mol. The maximum atomic E-state index is 11.2. The van der Waals surface area contributed by atoms with Crippen LogP contribution in [-0.4, -0.2) is 38.8 Å². The molecule has 0 saturated carbocycles. The molecule has 4 nitrogen and oxygen atoms in total. The Bertz CT molecular complexity index is 296. The van der Waals surface area contributed by atoms with Crippen molar-refractivity contribution in [2.75, 3.05) is 24.6 Å². The first-order valence-corrected chi connectivity index (χ1v) is 6.87. The van der Waals surface area contributed by atoms with Gasteiger partial charge in [0.25, 0.3) is 0 Å². The Morgan fingerprint density at radius 3 is 2.67 bits per heavy atom. The molecule has 0 aliphatic rings. The summed E-state index contributed by atoms with van der Waals surface area (Å²) in [5.74, 6) is 0.301. The molecule has 1 N–H and O–H groups in total. The van der Waals surface area contributed by atoms with Crippen molar-refractivity contribution in [3.63, 3.8) is 0 Å². The number of Topliss-reactive ketones (excluding diaryl/α,β-unsaturated/α-hetero) is 1. The summed E-state index contributed by atoms with van der Waals surface area (Å²) in [6.45, 7) is 6.01. The summed E-state index contributed by atoms with van der Waals surface area (Å²) in [6.07, 6.45) is 2.42. The molecule has 0 radical (unpaired) electrons. The highest BCUT2D eigenvalue weighted by molar-refractivity contribution is 7.91. The van der Waals surface area contributed by atoms with Crippen molar-refractivity contribution in [2.24, 2.45) is 0 Å². The highest BCUT2D eigenvalue weighted by Crippen LogP contribution is 1.97. The number of hydrogen-bond acceptors (Lipinski definition) is 4. The first-order valence-electron chi connectivity index (χ1n) is 5.05. The Balaban J connectivity index is 3.59. The number of rotatable bonds is 9. The zero-order valence-electron chi connectivity index (χ0n) is 9.16. The first kappa shape index (κ1) is 14.3. The fraction of sp³-hybridized carbons (Fsp3) is 0.700. The normalized spacial score (nSPS) is 11.3. The number of carbonyl (C=O) groups is 1. The molecule has 0 amide bonds. The molecule has 0 aromatic carbocycles. The third-order valence-corrected chi connectivity index (χ3v) is 3.75. The van der Waals surface area contributed by atoms with E-state index in [9.17, 15) is 13.2 Å². The van der Waals surface area contributed by atoms with Gasteiger partial charge in [0.2, 0.25) is 0 Å². The van der Waals surface area contributed by atoms with Crippen molar-refractivity contribution in [1.82, 2.24) is 5.32 Å². The summed E-state index contributed by atoms with van der Waals surface area (Å²) in [5.41, 5.74) is 0. The lowest BCUT2D eigenvalue weighted by molar-refractivity contribution is -0.118. The van der Waals surface area contributed by atoms with Gasteiger partial charge in [-0.3, -0.25) is 4.79 Å². The molecule has 0 unspecified atom stereocenters. The van der Waals surface area contributed by atoms with Crippen LogP contribution in [0.5, 0.6) is 0 Å². The molecule has 0 bridgehead atoms. The van der Waals surface area contributed by atoms with Gasteiger partial charge in [-0.05, 0) is 6.42 Å². The van der Waals surface area contributed by atoms with E-state index >= 15 is 0 Å². The van der Waals surface area contributed by atoms with Gasteiger partial charge in [0.1, 0.15) is 15.6 Å². The molecule has 0 aliphatic heterocycles. The number of hydrogen-bond donors (Lipinski definition) is 1. The van der Waals surface area contributed by atoms with Crippen molar-refractivity contribution in [3.05, 3.63) is 12.7 Å². The Labute approximate surface area is 91.7 Å². The number of carbonyl (C=O) groups excluding carboxylic acids is 1. The van der Waals surface area contributed by atoms with Gasteiger partial charge >= 0.3 is 0 Å². The van der Waals surface area contributed by atoms with Crippen LogP contribution < -0.4 is 5.32 Å². The minimum absolute atomic E-state index is 0.0446. The lowest BCUT2D eigenvalue weighted by Crippen LogP contribution is -2.23. The average molecular weight is 233 g/mol. The van der Waals surface area contributed by atoms with Crippen LogP contribution in [0.25, 0.3) is 0 Å². The maximum Gasteiger partial charge on any atom is 0.150 e. The summed E-state index contributed by atoms with van der Waals surface area (Å²) < 4.78 is 22.2. The molecule has 0 aromatic heterocycles. The van der Waals surface area contributed by atoms with Gasteiger partial charge in [0.05, 0.1) is 12.3 Å². The Morgan fingerprint density at radius 2 is 2.13 bits per heavy atom. The van der Waals surface area contributed by atoms with Crippen molar-refractivity contribution < 1.29 is 13.2 Å². The third-order valence-electron chi connectivity index (χ3n) is 1.96. The van der Waals surface area contributed by atoms with Gasteiger partial charge < -0.3 is 5.32 Å². The molecule has 0 atom stereocenters. The van der Waals surface area contributed by atoms with Crippen LogP contribution >= 0.6 is 0 Å². The predicted molar refractivity (Wildman–Crippen MR) is 61.6 cm³/mol. The van der Waals surface area contributed by atoms with E-state index in [4.69, 9.17) is 0 Å². The SMILES string of the molecule is C=CCNCC(=O)CCCS(=O)(=O)CC. The van der Waals surface area contributed by atoms with Crippen LogP contribution in [0.4, 0.5) is 0 Å². The number of nitrogens with one attached hydrogen (secondary N) is 1. The molecule has 0 aromatic rings. The lowest BCUT2D eigenvalue weighted by atomic mass is 10.2. The number of sulfone groups is 1. The molecule has 0 heterocycles. The van der Waals surface area contributed by atoms with Crippen molar-refractivity contribution in [2.45, 2.75) is 19.8 Å². The van der Waals surface area contributed by atoms with Crippen LogP contribution in [0.2, 0.25) is 0 Å². The summed E-state index contributed by atoms with van der Waals surface area (Å²) >= 11 is 0. The molecule has 88 valence electrons. The highest BCUT2D eigenvalue weighted by atomic mass is 32.2. The second-order valence-electron chi connectivity index (χ2n) is 3.30. The third kappa shape index (κ3) is 8.32. The topological polar surface area (TPSA) is 63.2 Å². The minimum atomic E-state index is -2.93. The van der Waals surface area contributed by atoms with E-state index in [1.807, 2.05) is 0 Å². The summed E-state index contributed by atoms with van der Waals surface area (Å²) in [4.78, 5) is 11.2. The van der Waals surface area contributed by atoms with Gasteiger partial charge in [-0.2, -0.15) is 0 Å². The summed E-state index contributed by atoms with van der Waals surface area (Å²) in [7, 11) is -2.93. The molecule has 0 rings (SSSR count). The Morgan fingerprint density at radius 1 is 1.47 bits per heavy atom. The zero-order valence-corrected chi connectivity index (χ0v) is 9.98. The van der Waals surface area contributed by atoms with E-state index in [2.05, 4.69) is 11.9 Å². The van der Waals surface area contributed by atoms with E-state index in [0.29, 0.717) is 19.4 Å². The molecular weight excluding hydrogens is 214 g/mol. The maximum absolute atomic E-state index is 11.2. The molecule has 5 heteroatoms. The van der Waals surface area contributed by atoms with Gasteiger partial charge in [-0.25, -0.2) is 8.42 Å². The summed E-state index contributed by atoms with van der Waals surface area (Å²) in [5, 5.41) is 2.88. The van der Waals surface area contributed by atoms with Gasteiger partial charge in [-0.1, -0.05) is 13.0 Å². The largest absolute Gasteiger partial charge is 0.307 e. The van der Waals surface area contributed by atoms with Crippen molar-refractivity contribution in [3.8, 4) is 0 Å². The Kier molecular flexibility index (Phi) is 7.25. The second-order valence-corrected chi connectivity index (χ2v) is 5.77. The van der Waals surface area contributed by atoms with Crippen LogP contribution in [0.3, 0.4) is 0 Å². The zero-order chi connectivity index (χ0) is 11.7. The van der Waals surface area contributed by atoms with Crippen LogP contribution in [-0.2, 0) is 14.6 Å². The lowest BCUT2D eigenvalue weighted by Gasteiger charge is -2.02. The van der Waals surface area contributed by atoms with Gasteiger partial charge in [0, 0.05) is 18.7 Å². The molecule has 0 fully saturated rings. The van der Waals surface area contributed by atoms with Crippen molar-refractivity contribution in [1.29, 1.82) is 0 Å². The quantitative estimate of drug-likeness (QED) is 0.466. The van der Waals surface area contributed by atoms with Gasteiger partial charge in [0.15, 0.2) is 0 Å². The first-order chi connectivity index (χ1) is 7.02. The fourth-order valence-corrected chi connectivity index (χ4v) is 1.91. The molecule has 0 aliphatic carbocycles. The molecule has 0 saturated heterocycles. The van der Waals surface area contributed by atoms with E-state index in [1.54, 1.807) is 13.0 Å². The Hall–Kier alpha value is -0.680. The predicted octanol–water partition coefficient (Wildman–Crippen LogP) is 0.546. The van der Waals surface area contributed by atoms with E-state index < -0.39 is 9.84 Å². The minimum Gasteiger partial charge on any atom is -0.307 e. The van der Waals surface area contributed by atoms with Crippen LogP contribution in [0, 0.1) is 0 Å². The van der Waals surface area contributed by atoms with Crippen LogP contribution in [0.1, 0.15) is 19.8 Å². The number of ketones is 1. The summed E-state index contributed by atoms with van der Waals surface area (Å²) in [6, 6.07) is 0. The standard InChI is InChI=1S/C10H19NO3S/c1-3-7-11-9-10(12)6-5-8-15(13,14)4-2/h3,11H,1,4-9H2,2H3. The van der Waals surface area contributed by atoms with Crippen molar-refractivity contribution >= 4 is 15.6 Å². The molecule has 15 heavy (non-hydrogen) atoms. The average Bonchev–Trinajstić information content (AvgIpc) is 2.18. The van der Waals surface area contributed by atoms with E-state index in [-0.39, 0.29) is 23.8 Å². The smallest absolute Gasteiger partial charge is 0.150 e. The fourth-order valence-electron chi connectivity index (χ4n) is 1.04. The molecule has 0 spiro atoms. The van der Waals surface area contributed by atoms with E-state index in [0.717, 1.165) is 0 Å². The second kappa shape index (κ2) is 7.59. The molecular formula is C10H19NO3S. The van der Waals surface area contributed by atoms with Gasteiger partial charge in [-0.15, -0.1) is 6.58 Å². The van der Waals surface area contributed by atoms with E-state index in [1.165, 1.54) is 0 Å². The van der Waals surface area contributed by atoms with Crippen LogP contribution in [0.15, 0.2) is 12.7 Å². The highest BCUT2D eigenvalue weighted by Gasteiger charge is 2.08.